The van der Waals surface area contributed by atoms with Gasteiger partial charge in [0.05, 0.1) is 11.3 Å². The molecule has 0 aliphatic heterocycles. The first-order valence-electron chi connectivity index (χ1n) is 6.53. The lowest BCUT2D eigenvalue weighted by molar-refractivity contribution is 0.100. The number of nitrogens with zero attached hydrogens (tertiary/aromatic N) is 4. The summed E-state index contributed by atoms with van der Waals surface area (Å²) in [5.41, 5.74) is 2.30. The molecule has 0 spiro atoms. The maximum Gasteiger partial charge on any atom is 0.259 e. The van der Waals surface area contributed by atoms with Gasteiger partial charge in [0.2, 0.25) is 0 Å². The normalized spacial score (nSPS) is 10.9. The molecule has 0 aromatic carbocycles. The number of anilines is 1. The second kappa shape index (κ2) is 5.30. The van der Waals surface area contributed by atoms with Crippen LogP contribution < -0.4 is 5.32 Å². The summed E-state index contributed by atoms with van der Waals surface area (Å²) < 4.78 is 1.67. The number of hydrogen-bond acceptors (Lipinski definition) is 6. The Balaban J connectivity index is 1.88. The van der Waals surface area contributed by atoms with E-state index >= 15 is 0 Å². The van der Waals surface area contributed by atoms with Gasteiger partial charge < -0.3 is 0 Å². The van der Waals surface area contributed by atoms with Crippen LogP contribution >= 0.6 is 11.3 Å². The van der Waals surface area contributed by atoms with E-state index in [1.807, 2.05) is 6.92 Å². The van der Waals surface area contributed by atoms with Crippen LogP contribution in [0.2, 0.25) is 0 Å². The molecule has 0 radical (unpaired) electrons. The van der Waals surface area contributed by atoms with Gasteiger partial charge in [0.25, 0.3) is 5.91 Å². The highest BCUT2D eigenvalue weighted by Crippen LogP contribution is 2.19. The van der Waals surface area contributed by atoms with Crippen molar-refractivity contribution < 1.29 is 9.59 Å². The quantitative estimate of drug-likeness (QED) is 0.748. The van der Waals surface area contributed by atoms with Crippen molar-refractivity contribution in [2.45, 2.75) is 13.8 Å². The minimum absolute atomic E-state index is 0.134. The van der Waals surface area contributed by atoms with Gasteiger partial charge in [0.1, 0.15) is 5.69 Å². The van der Waals surface area contributed by atoms with E-state index in [-0.39, 0.29) is 11.7 Å². The Morgan fingerprint density at radius 2 is 2.14 bits per heavy atom. The van der Waals surface area contributed by atoms with E-state index in [0.29, 0.717) is 16.4 Å². The van der Waals surface area contributed by atoms with E-state index in [9.17, 15) is 9.59 Å². The number of pyridine rings is 1. The molecule has 1 N–H and O–H groups in total. The first kappa shape index (κ1) is 14.3. The number of rotatable bonds is 3. The molecular formula is C14H13N5O2S. The highest BCUT2D eigenvalue weighted by atomic mass is 32.1. The number of aryl methyl sites for hydroxylation is 2. The second-order valence-electron chi connectivity index (χ2n) is 4.85. The lowest BCUT2D eigenvalue weighted by atomic mass is 10.2. The van der Waals surface area contributed by atoms with Crippen molar-refractivity contribution in [1.82, 2.24) is 19.7 Å². The Morgan fingerprint density at radius 1 is 1.36 bits per heavy atom. The van der Waals surface area contributed by atoms with Gasteiger partial charge in [-0.05, 0) is 13.0 Å². The Kier molecular flexibility index (Phi) is 3.45. The molecule has 0 bridgehead atoms. The molecule has 0 saturated carbocycles. The van der Waals surface area contributed by atoms with Crippen LogP contribution in [-0.4, -0.2) is 31.4 Å². The van der Waals surface area contributed by atoms with E-state index in [4.69, 9.17) is 0 Å². The summed E-state index contributed by atoms with van der Waals surface area (Å²) >= 11 is 1.21. The zero-order valence-corrected chi connectivity index (χ0v) is 13.1. The molecule has 0 unspecified atom stereocenters. The summed E-state index contributed by atoms with van der Waals surface area (Å²) in [5, 5.41) is 9.78. The molecule has 0 aliphatic rings. The smallest absolute Gasteiger partial charge is 0.259 e. The number of fused-ring (bicyclic) bond motifs is 1. The molecule has 0 fully saturated rings. The van der Waals surface area contributed by atoms with E-state index in [0.717, 1.165) is 16.7 Å². The van der Waals surface area contributed by atoms with Crippen LogP contribution in [0.15, 0.2) is 17.6 Å². The molecule has 3 aromatic rings. The van der Waals surface area contributed by atoms with Crippen LogP contribution in [0, 0.1) is 6.92 Å². The van der Waals surface area contributed by atoms with Crippen LogP contribution in [0.4, 0.5) is 5.13 Å². The largest absolute Gasteiger partial charge is 0.298 e. The summed E-state index contributed by atoms with van der Waals surface area (Å²) in [5.74, 6) is -0.451. The molecule has 22 heavy (non-hydrogen) atoms. The molecule has 0 saturated heterocycles. The standard InChI is InChI=1S/C14H13N5O2S/c1-7-10-4-9(5-15-12(10)19(3)18-7)13(21)17-14-16-11(6-22-14)8(2)20/h4-6H,1-3H3,(H,16,17,21). The number of amides is 1. The number of nitrogens with one attached hydrogen (secondary N) is 1. The van der Waals surface area contributed by atoms with Crippen molar-refractivity contribution in [2.24, 2.45) is 7.05 Å². The minimum Gasteiger partial charge on any atom is -0.298 e. The molecule has 3 aromatic heterocycles. The van der Waals surface area contributed by atoms with Gasteiger partial charge in [-0.2, -0.15) is 5.10 Å². The van der Waals surface area contributed by atoms with Crippen LogP contribution in [0.3, 0.4) is 0 Å². The topological polar surface area (TPSA) is 89.8 Å². The Bertz CT molecular complexity index is 896. The average Bonchev–Trinajstić information content (AvgIpc) is 3.05. The summed E-state index contributed by atoms with van der Waals surface area (Å²) in [4.78, 5) is 31.8. The number of carbonyl (C=O) groups is 2. The summed E-state index contributed by atoms with van der Waals surface area (Å²) in [7, 11) is 1.81. The maximum atomic E-state index is 12.3. The van der Waals surface area contributed by atoms with Gasteiger partial charge in [0, 0.05) is 30.9 Å². The number of aromatic nitrogens is 4. The minimum atomic E-state index is -0.317. The highest BCUT2D eigenvalue weighted by molar-refractivity contribution is 7.14. The van der Waals surface area contributed by atoms with E-state index < -0.39 is 0 Å². The summed E-state index contributed by atoms with van der Waals surface area (Å²) in [6.45, 7) is 3.30. The molecule has 7 nitrogen and oxygen atoms in total. The monoisotopic (exact) mass is 315 g/mol. The molecule has 3 heterocycles. The molecule has 0 aliphatic carbocycles. The number of thiazole rings is 1. The fraction of sp³-hybridized carbons (Fsp3) is 0.214. The summed E-state index contributed by atoms with van der Waals surface area (Å²) in [6.07, 6.45) is 1.50. The van der Waals surface area contributed by atoms with Gasteiger partial charge in [0.15, 0.2) is 16.6 Å². The maximum absolute atomic E-state index is 12.3. The molecule has 1 amide bonds. The molecule has 8 heteroatoms. The average molecular weight is 315 g/mol. The van der Waals surface area contributed by atoms with Crippen LogP contribution in [-0.2, 0) is 7.05 Å². The third-order valence-electron chi connectivity index (χ3n) is 3.21. The Labute approximate surface area is 130 Å². The fourth-order valence-corrected chi connectivity index (χ4v) is 2.84. The molecule has 112 valence electrons. The highest BCUT2D eigenvalue weighted by Gasteiger charge is 2.14. The number of ketones is 1. The second-order valence-corrected chi connectivity index (χ2v) is 5.71. The van der Waals surface area contributed by atoms with Crippen molar-refractivity contribution in [3.63, 3.8) is 0 Å². The van der Waals surface area contributed by atoms with E-state index in [1.54, 1.807) is 23.2 Å². The van der Waals surface area contributed by atoms with Gasteiger partial charge in [-0.1, -0.05) is 0 Å². The first-order valence-corrected chi connectivity index (χ1v) is 7.41. The van der Waals surface area contributed by atoms with E-state index in [1.165, 1.54) is 24.5 Å². The number of Topliss-reactive ketones (excluding diaryl/α,β-unsaturated/α-hetero) is 1. The Hall–Kier alpha value is -2.61. The van der Waals surface area contributed by atoms with Crippen LogP contribution in [0.25, 0.3) is 11.0 Å². The fourth-order valence-electron chi connectivity index (χ4n) is 2.09. The summed E-state index contributed by atoms with van der Waals surface area (Å²) in [6, 6.07) is 1.75. The molecule has 3 rings (SSSR count). The molecule has 0 atom stereocenters. The van der Waals surface area contributed by atoms with Crippen molar-refractivity contribution >= 4 is 39.2 Å². The predicted molar refractivity (Wildman–Crippen MR) is 83.3 cm³/mol. The van der Waals surface area contributed by atoms with Gasteiger partial charge in [-0.25, -0.2) is 9.97 Å². The number of hydrogen-bond donors (Lipinski definition) is 1. The van der Waals surface area contributed by atoms with Crippen molar-refractivity contribution in [1.29, 1.82) is 0 Å². The van der Waals surface area contributed by atoms with Crippen LogP contribution in [0.1, 0.15) is 33.5 Å². The molecular weight excluding hydrogens is 302 g/mol. The first-order chi connectivity index (χ1) is 10.5. The van der Waals surface area contributed by atoms with Gasteiger partial charge in [-0.15, -0.1) is 11.3 Å². The third kappa shape index (κ3) is 2.48. The predicted octanol–water partition coefficient (Wildman–Crippen LogP) is 2.19. The van der Waals surface area contributed by atoms with E-state index in [2.05, 4.69) is 20.4 Å². The Morgan fingerprint density at radius 3 is 2.82 bits per heavy atom. The number of carbonyl (C=O) groups excluding carboxylic acids is 2. The lowest BCUT2D eigenvalue weighted by Crippen LogP contribution is -2.12. The van der Waals surface area contributed by atoms with Crippen LogP contribution in [0.5, 0.6) is 0 Å². The SMILES string of the molecule is CC(=O)c1csc(NC(=O)c2cnc3c(c2)c(C)nn3C)n1. The zero-order valence-electron chi connectivity index (χ0n) is 12.2. The van der Waals surface area contributed by atoms with Crippen molar-refractivity contribution in [2.75, 3.05) is 5.32 Å². The van der Waals surface area contributed by atoms with Gasteiger partial charge in [-0.3, -0.25) is 19.6 Å². The van der Waals surface area contributed by atoms with Crippen molar-refractivity contribution in [3.8, 4) is 0 Å². The lowest BCUT2D eigenvalue weighted by Gasteiger charge is -2.02. The third-order valence-corrected chi connectivity index (χ3v) is 3.97. The zero-order chi connectivity index (χ0) is 15.9. The van der Waals surface area contributed by atoms with Gasteiger partial charge >= 0.3 is 0 Å². The van der Waals surface area contributed by atoms with Crippen molar-refractivity contribution in [3.05, 3.63) is 34.6 Å².